The van der Waals surface area contributed by atoms with Gasteiger partial charge in [-0.2, -0.15) is 0 Å². The zero-order valence-corrected chi connectivity index (χ0v) is 12.2. The van der Waals surface area contributed by atoms with Gasteiger partial charge in [0.05, 0.1) is 5.56 Å². The number of aryl methyl sites for hydroxylation is 1. The van der Waals surface area contributed by atoms with Crippen molar-refractivity contribution in [2.75, 3.05) is 0 Å². The minimum Gasteiger partial charge on any atom is -0.478 e. The maximum atomic E-state index is 14.1. The van der Waals surface area contributed by atoms with E-state index in [1.54, 1.807) is 0 Å². The maximum absolute atomic E-state index is 14.1. The highest BCUT2D eigenvalue weighted by Gasteiger charge is 2.23. The Morgan fingerprint density at radius 3 is 2.81 bits per heavy atom. The molecule has 0 amide bonds. The lowest BCUT2D eigenvalue weighted by atomic mass is 9.80. The van der Waals surface area contributed by atoms with Gasteiger partial charge in [-0.15, -0.1) is 0 Å². The summed E-state index contributed by atoms with van der Waals surface area (Å²) in [7, 11) is 0. The molecule has 0 spiro atoms. The topological polar surface area (TPSA) is 50.2 Å². The van der Waals surface area contributed by atoms with Crippen LogP contribution in [0.25, 0.3) is 10.9 Å². The van der Waals surface area contributed by atoms with Gasteiger partial charge in [0.2, 0.25) is 0 Å². The molecule has 1 aromatic carbocycles. The number of hydrogen-bond donors (Lipinski definition) is 1. The molecule has 1 heterocycles. The molecule has 1 aliphatic rings. The van der Waals surface area contributed by atoms with Crippen molar-refractivity contribution >= 4 is 16.9 Å². The number of benzene rings is 1. The molecule has 110 valence electrons. The van der Waals surface area contributed by atoms with Gasteiger partial charge in [0.15, 0.2) is 0 Å². The van der Waals surface area contributed by atoms with Crippen LogP contribution in [0.15, 0.2) is 18.2 Å². The van der Waals surface area contributed by atoms with E-state index in [0.717, 1.165) is 36.6 Å². The summed E-state index contributed by atoms with van der Waals surface area (Å²) in [5.74, 6) is -0.451. The molecule has 3 nitrogen and oxygen atoms in total. The van der Waals surface area contributed by atoms with Crippen LogP contribution in [0.5, 0.6) is 0 Å². The van der Waals surface area contributed by atoms with Gasteiger partial charge in [0.1, 0.15) is 11.3 Å². The number of halogens is 1. The van der Waals surface area contributed by atoms with E-state index in [-0.39, 0.29) is 11.1 Å². The van der Waals surface area contributed by atoms with Crippen molar-refractivity contribution in [2.24, 2.45) is 11.8 Å². The highest BCUT2D eigenvalue weighted by Crippen LogP contribution is 2.32. The number of pyridine rings is 1. The number of rotatable bonds is 2. The number of aromatic carboxylic acids is 1. The summed E-state index contributed by atoms with van der Waals surface area (Å²) >= 11 is 0. The van der Waals surface area contributed by atoms with Crippen LogP contribution in [0, 0.1) is 17.7 Å². The van der Waals surface area contributed by atoms with Crippen LogP contribution < -0.4 is 0 Å². The van der Waals surface area contributed by atoms with Crippen molar-refractivity contribution in [1.29, 1.82) is 0 Å². The number of fused-ring (bicyclic) bond motifs is 2. The van der Waals surface area contributed by atoms with Crippen molar-refractivity contribution in [2.45, 2.75) is 33.1 Å². The summed E-state index contributed by atoms with van der Waals surface area (Å²) in [5.41, 5.74) is 2.34. The van der Waals surface area contributed by atoms with Gasteiger partial charge in [-0.1, -0.05) is 13.8 Å². The smallest absolute Gasteiger partial charge is 0.335 e. The lowest BCUT2D eigenvalue weighted by Crippen LogP contribution is -2.20. The highest BCUT2D eigenvalue weighted by molar-refractivity contribution is 5.93. The Morgan fingerprint density at radius 2 is 2.14 bits per heavy atom. The predicted molar refractivity (Wildman–Crippen MR) is 79.0 cm³/mol. The molecule has 21 heavy (non-hydrogen) atoms. The Hall–Kier alpha value is -1.97. The summed E-state index contributed by atoms with van der Waals surface area (Å²) in [5, 5.41) is 9.61. The monoisotopic (exact) mass is 287 g/mol. The lowest BCUT2D eigenvalue weighted by Gasteiger charge is -2.27. The summed E-state index contributed by atoms with van der Waals surface area (Å²) in [6.07, 6.45) is 2.89. The lowest BCUT2D eigenvalue weighted by molar-refractivity contribution is 0.0696. The third-order valence-electron chi connectivity index (χ3n) is 4.46. The zero-order chi connectivity index (χ0) is 15.1. The molecule has 0 saturated heterocycles. The number of hydrogen-bond acceptors (Lipinski definition) is 2. The Balaban J connectivity index is 2.12. The van der Waals surface area contributed by atoms with Crippen LogP contribution in [0.4, 0.5) is 4.39 Å². The summed E-state index contributed by atoms with van der Waals surface area (Å²) in [6, 6.07) is 4.47. The van der Waals surface area contributed by atoms with Crippen LogP contribution in [0.1, 0.15) is 41.9 Å². The average molecular weight is 287 g/mol. The van der Waals surface area contributed by atoms with Crippen LogP contribution in [0.3, 0.4) is 0 Å². The van der Waals surface area contributed by atoms with E-state index in [2.05, 4.69) is 18.8 Å². The molecule has 2 aromatic rings. The molecule has 0 bridgehead atoms. The highest BCUT2D eigenvalue weighted by atomic mass is 19.1. The van der Waals surface area contributed by atoms with Crippen molar-refractivity contribution in [3.8, 4) is 0 Å². The zero-order valence-electron chi connectivity index (χ0n) is 12.2. The molecule has 1 atom stereocenters. The minimum atomic E-state index is -1.12. The van der Waals surface area contributed by atoms with Gasteiger partial charge >= 0.3 is 5.97 Å². The quantitative estimate of drug-likeness (QED) is 0.913. The molecule has 0 saturated carbocycles. The van der Waals surface area contributed by atoms with Crippen LogP contribution in [-0.4, -0.2) is 16.1 Å². The minimum absolute atomic E-state index is 0.0297. The van der Waals surface area contributed by atoms with E-state index in [0.29, 0.717) is 17.2 Å². The summed E-state index contributed by atoms with van der Waals surface area (Å²) < 4.78 is 14.1. The van der Waals surface area contributed by atoms with Crippen LogP contribution in [0.2, 0.25) is 0 Å². The molecule has 1 aliphatic carbocycles. The Kier molecular flexibility index (Phi) is 3.40. The van der Waals surface area contributed by atoms with Crippen molar-refractivity contribution in [3.63, 3.8) is 0 Å². The Labute approximate surface area is 122 Å². The first-order chi connectivity index (χ1) is 9.95. The molecule has 1 N–H and O–H groups in total. The van der Waals surface area contributed by atoms with Gasteiger partial charge in [0, 0.05) is 11.1 Å². The van der Waals surface area contributed by atoms with E-state index in [1.165, 1.54) is 6.07 Å². The van der Waals surface area contributed by atoms with E-state index in [9.17, 15) is 9.18 Å². The normalized spacial score (nSPS) is 18.0. The number of aromatic nitrogens is 1. The van der Waals surface area contributed by atoms with E-state index >= 15 is 0 Å². The molecule has 4 heteroatoms. The summed E-state index contributed by atoms with van der Waals surface area (Å²) in [6.45, 7) is 4.43. The molecule has 1 aromatic heterocycles. The fourth-order valence-electron chi connectivity index (χ4n) is 3.12. The number of carboxylic acids is 1. The van der Waals surface area contributed by atoms with Crippen molar-refractivity contribution < 1.29 is 14.3 Å². The maximum Gasteiger partial charge on any atom is 0.335 e. The molecule has 1 unspecified atom stereocenters. The fraction of sp³-hybridized carbons (Fsp3) is 0.412. The SMILES string of the molecule is CC(C)C1CCc2nc3c(F)cc(C(=O)O)cc3cc2C1. The molecular formula is C17H18FNO2. The third-order valence-corrected chi connectivity index (χ3v) is 4.46. The third kappa shape index (κ3) is 2.50. The number of carboxylic acid groups (broad SMARTS) is 1. The fourth-order valence-corrected chi connectivity index (χ4v) is 3.12. The van der Waals surface area contributed by atoms with E-state index < -0.39 is 11.8 Å². The largest absolute Gasteiger partial charge is 0.478 e. The van der Waals surface area contributed by atoms with Gasteiger partial charge in [0.25, 0.3) is 0 Å². The number of nitrogens with zero attached hydrogens (tertiary/aromatic N) is 1. The van der Waals surface area contributed by atoms with Gasteiger partial charge in [-0.05, 0) is 54.9 Å². The van der Waals surface area contributed by atoms with Crippen LogP contribution >= 0.6 is 0 Å². The van der Waals surface area contributed by atoms with Crippen LogP contribution in [-0.2, 0) is 12.8 Å². The number of carbonyl (C=O) groups is 1. The molecule has 3 rings (SSSR count). The average Bonchev–Trinajstić information content (AvgIpc) is 2.44. The first-order valence-corrected chi connectivity index (χ1v) is 7.31. The molecular weight excluding hydrogens is 269 g/mol. The second kappa shape index (κ2) is 5.10. The second-order valence-corrected chi connectivity index (χ2v) is 6.18. The van der Waals surface area contributed by atoms with Crippen molar-refractivity contribution in [3.05, 3.63) is 40.8 Å². The second-order valence-electron chi connectivity index (χ2n) is 6.18. The molecule has 0 radical (unpaired) electrons. The predicted octanol–water partition coefficient (Wildman–Crippen LogP) is 3.83. The van der Waals surface area contributed by atoms with Gasteiger partial charge < -0.3 is 5.11 Å². The Bertz CT molecular complexity index is 724. The standard InChI is InChI=1S/C17H18FNO2/c1-9(2)10-3-4-15-11(5-10)6-12-7-13(17(20)21)8-14(18)16(12)19-15/h6-10H,3-5H2,1-2H3,(H,20,21). The summed E-state index contributed by atoms with van der Waals surface area (Å²) in [4.78, 5) is 15.5. The van der Waals surface area contributed by atoms with Crippen molar-refractivity contribution in [1.82, 2.24) is 4.98 Å². The first kappa shape index (κ1) is 14.0. The van der Waals surface area contributed by atoms with Gasteiger partial charge in [-0.25, -0.2) is 14.2 Å². The van der Waals surface area contributed by atoms with E-state index in [1.807, 2.05) is 6.07 Å². The molecule has 0 aliphatic heterocycles. The first-order valence-electron chi connectivity index (χ1n) is 7.31. The molecule has 0 fully saturated rings. The Morgan fingerprint density at radius 1 is 1.38 bits per heavy atom. The van der Waals surface area contributed by atoms with Gasteiger partial charge in [-0.3, -0.25) is 0 Å². The van der Waals surface area contributed by atoms with E-state index in [4.69, 9.17) is 5.11 Å².